The van der Waals surface area contributed by atoms with Crippen LogP contribution in [0.1, 0.15) is 44.1 Å². The molecule has 0 spiro atoms. The summed E-state index contributed by atoms with van der Waals surface area (Å²) in [6, 6.07) is 9.48. The number of fused-ring (bicyclic) bond motifs is 1. The number of H-pyrrole nitrogens is 1. The van der Waals surface area contributed by atoms with Crippen molar-refractivity contribution in [3.8, 4) is 0 Å². The number of benzene rings is 1. The second kappa shape index (κ2) is 5.12. The Balaban J connectivity index is 1.30. The Morgan fingerprint density at radius 3 is 2.48 bits per heavy atom. The van der Waals surface area contributed by atoms with Gasteiger partial charge in [0.1, 0.15) is 0 Å². The van der Waals surface area contributed by atoms with Gasteiger partial charge in [-0.1, -0.05) is 18.2 Å². The molecule has 2 saturated heterocycles. The number of para-hydroxylation sites is 1. The molecular weight excluding hydrogens is 284 g/mol. The molecule has 1 aromatic carbocycles. The molecule has 1 N–H and O–H groups in total. The Morgan fingerprint density at radius 2 is 1.74 bits per heavy atom. The number of aromatic amines is 1. The predicted molar refractivity (Wildman–Crippen MR) is 91.1 cm³/mol. The summed E-state index contributed by atoms with van der Waals surface area (Å²) in [6.07, 6.45) is 10.1. The Labute approximate surface area is 137 Å². The molecule has 2 saturated carbocycles. The predicted octanol–water partition coefficient (Wildman–Crippen LogP) is 3.89. The third-order valence-electron chi connectivity index (χ3n) is 6.45. The maximum atomic E-state index is 12.9. The van der Waals surface area contributed by atoms with Crippen molar-refractivity contribution in [3.63, 3.8) is 0 Å². The number of amides is 1. The molecule has 0 atom stereocenters. The molecule has 1 aromatic heterocycles. The second-order valence-electron chi connectivity index (χ2n) is 7.88. The fourth-order valence-electron chi connectivity index (χ4n) is 5.65. The van der Waals surface area contributed by atoms with Gasteiger partial charge in [0.05, 0.1) is 0 Å². The van der Waals surface area contributed by atoms with E-state index in [2.05, 4.69) is 34.3 Å². The summed E-state index contributed by atoms with van der Waals surface area (Å²) in [5.41, 5.74) is 2.45. The normalized spacial score (nSPS) is 31.9. The second-order valence-corrected chi connectivity index (χ2v) is 7.88. The van der Waals surface area contributed by atoms with Crippen LogP contribution in [0.5, 0.6) is 0 Å². The largest absolute Gasteiger partial charge is 0.361 e. The van der Waals surface area contributed by atoms with Gasteiger partial charge in [0, 0.05) is 35.6 Å². The van der Waals surface area contributed by atoms with E-state index in [1.165, 1.54) is 48.6 Å². The number of nitrogens with zero attached hydrogens (tertiary/aromatic N) is 1. The monoisotopic (exact) mass is 308 g/mol. The molecule has 3 nitrogen and oxygen atoms in total. The first-order valence-corrected chi connectivity index (χ1v) is 9.14. The fourth-order valence-corrected chi connectivity index (χ4v) is 5.65. The molecule has 1 amide bonds. The third kappa shape index (κ3) is 2.20. The van der Waals surface area contributed by atoms with Crippen LogP contribution in [-0.2, 0) is 11.2 Å². The molecule has 4 aliphatic rings. The van der Waals surface area contributed by atoms with Crippen LogP contribution in [0.3, 0.4) is 0 Å². The summed E-state index contributed by atoms with van der Waals surface area (Å²) in [6.45, 7) is 0. The maximum Gasteiger partial charge on any atom is 0.223 e. The van der Waals surface area contributed by atoms with Gasteiger partial charge in [0.2, 0.25) is 5.91 Å². The first kappa shape index (κ1) is 13.6. The van der Waals surface area contributed by atoms with Gasteiger partial charge in [-0.25, -0.2) is 0 Å². The summed E-state index contributed by atoms with van der Waals surface area (Å²) in [7, 11) is 0. The highest BCUT2D eigenvalue weighted by molar-refractivity contribution is 5.84. The molecule has 0 unspecified atom stereocenters. The number of nitrogens with one attached hydrogen (secondary N) is 1. The highest BCUT2D eigenvalue weighted by Gasteiger charge is 2.48. The molecule has 4 bridgehead atoms. The number of hydrogen-bond acceptors (Lipinski definition) is 1. The van der Waals surface area contributed by atoms with E-state index in [0.717, 1.165) is 18.3 Å². The van der Waals surface area contributed by atoms with Crippen molar-refractivity contribution in [3.05, 3.63) is 36.0 Å². The zero-order valence-electron chi connectivity index (χ0n) is 13.5. The van der Waals surface area contributed by atoms with E-state index in [9.17, 15) is 4.79 Å². The van der Waals surface area contributed by atoms with Crippen LogP contribution in [0.2, 0.25) is 0 Å². The highest BCUT2D eigenvalue weighted by Crippen LogP contribution is 2.49. The van der Waals surface area contributed by atoms with Crippen molar-refractivity contribution in [2.45, 2.75) is 57.0 Å². The van der Waals surface area contributed by atoms with Gasteiger partial charge >= 0.3 is 0 Å². The van der Waals surface area contributed by atoms with Crippen molar-refractivity contribution in [2.75, 3.05) is 0 Å². The first-order chi connectivity index (χ1) is 11.3. The highest BCUT2D eigenvalue weighted by atomic mass is 16.2. The van der Waals surface area contributed by atoms with E-state index < -0.39 is 0 Å². The number of carbonyl (C=O) groups is 1. The SMILES string of the molecule is O=C(CCc1c[nH]c2ccccc12)N1C2CC3CC(C2)CC1C3. The summed E-state index contributed by atoms with van der Waals surface area (Å²) < 4.78 is 0. The minimum atomic E-state index is 0.393. The zero-order chi connectivity index (χ0) is 15.4. The Bertz CT molecular complexity index is 719. The molecule has 23 heavy (non-hydrogen) atoms. The van der Waals surface area contributed by atoms with Crippen molar-refractivity contribution in [2.24, 2.45) is 11.8 Å². The zero-order valence-corrected chi connectivity index (χ0v) is 13.5. The topological polar surface area (TPSA) is 36.1 Å². The maximum absolute atomic E-state index is 12.9. The Kier molecular flexibility index (Phi) is 3.04. The number of aryl methyl sites for hydroxylation is 1. The van der Waals surface area contributed by atoms with Crippen LogP contribution in [-0.4, -0.2) is 27.9 Å². The lowest BCUT2D eigenvalue weighted by Gasteiger charge is -2.56. The van der Waals surface area contributed by atoms with Crippen LogP contribution in [0.15, 0.2) is 30.5 Å². The number of rotatable bonds is 3. The summed E-state index contributed by atoms with van der Waals surface area (Å²) >= 11 is 0. The van der Waals surface area contributed by atoms with Crippen LogP contribution >= 0.6 is 0 Å². The van der Waals surface area contributed by atoms with Gasteiger partial charge in [0.25, 0.3) is 0 Å². The van der Waals surface area contributed by atoms with Crippen LogP contribution in [0.25, 0.3) is 10.9 Å². The molecule has 6 rings (SSSR count). The molecule has 120 valence electrons. The molecular formula is C20H24N2O. The van der Waals surface area contributed by atoms with Crippen LogP contribution in [0, 0.1) is 11.8 Å². The lowest BCUT2D eigenvalue weighted by atomic mass is 9.63. The number of carbonyl (C=O) groups excluding carboxylic acids is 1. The van der Waals surface area contributed by atoms with Crippen LogP contribution in [0.4, 0.5) is 0 Å². The minimum absolute atomic E-state index is 0.393. The van der Waals surface area contributed by atoms with E-state index in [-0.39, 0.29) is 0 Å². The third-order valence-corrected chi connectivity index (χ3v) is 6.45. The van der Waals surface area contributed by atoms with Gasteiger partial charge in [-0.3, -0.25) is 4.79 Å². The molecule has 0 radical (unpaired) electrons. The van der Waals surface area contributed by atoms with Crippen molar-refractivity contribution < 1.29 is 4.79 Å². The average Bonchev–Trinajstić information content (AvgIpc) is 2.95. The fraction of sp³-hybridized carbons (Fsp3) is 0.550. The molecule has 4 fully saturated rings. The molecule has 3 heteroatoms. The van der Waals surface area contributed by atoms with E-state index >= 15 is 0 Å². The lowest BCUT2D eigenvalue weighted by Crippen LogP contribution is -2.59. The van der Waals surface area contributed by atoms with E-state index in [4.69, 9.17) is 0 Å². The average molecular weight is 308 g/mol. The van der Waals surface area contributed by atoms with E-state index in [0.29, 0.717) is 24.4 Å². The minimum Gasteiger partial charge on any atom is -0.361 e. The van der Waals surface area contributed by atoms with Crippen molar-refractivity contribution >= 4 is 16.8 Å². The summed E-state index contributed by atoms with van der Waals surface area (Å²) in [4.78, 5) is 18.5. The van der Waals surface area contributed by atoms with Gasteiger partial charge in [0.15, 0.2) is 0 Å². The standard InChI is InChI=1S/C20H24N2O/c23-20(6-5-15-12-21-19-4-2-1-3-18(15)19)22-16-8-13-7-14(10-16)11-17(22)9-13/h1-4,12-14,16-17,21H,5-11H2. The quantitative estimate of drug-likeness (QED) is 0.917. The van der Waals surface area contributed by atoms with Gasteiger partial charge in [-0.2, -0.15) is 0 Å². The smallest absolute Gasteiger partial charge is 0.223 e. The van der Waals surface area contributed by atoms with E-state index in [1.54, 1.807) is 0 Å². The number of hydrogen-bond donors (Lipinski definition) is 1. The summed E-state index contributed by atoms with van der Waals surface area (Å²) in [5.74, 6) is 2.22. The number of aromatic nitrogens is 1. The van der Waals surface area contributed by atoms with E-state index in [1.807, 2.05) is 6.07 Å². The molecule has 3 heterocycles. The Morgan fingerprint density at radius 1 is 1.04 bits per heavy atom. The van der Waals surface area contributed by atoms with Crippen molar-refractivity contribution in [1.82, 2.24) is 9.88 Å². The Hall–Kier alpha value is -1.77. The first-order valence-electron chi connectivity index (χ1n) is 9.14. The lowest BCUT2D eigenvalue weighted by molar-refractivity contribution is -0.149. The van der Waals surface area contributed by atoms with Crippen LogP contribution < -0.4 is 0 Å². The van der Waals surface area contributed by atoms with Gasteiger partial charge in [-0.05, 0) is 62.0 Å². The summed E-state index contributed by atoms with van der Waals surface area (Å²) in [5, 5.41) is 1.26. The van der Waals surface area contributed by atoms with Gasteiger partial charge in [-0.15, -0.1) is 0 Å². The van der Waals surface area contributed by atoms with Gasteiger partial charge < -0.3 is 9.88 Å². The number of piperidine rings is 2. The molecule has 2 aliphatic heterocycles. The molecule has 2 aromatic rings. The molecule has 2 aliphatic carbocycles. The van der Waals surface area contributed by atoms with Crippen molar-refractivity contribution in [1.29, 1.82) is 0 Å².